The Labute approximate surface area is 119 Å². The van der Waals surface area contributed by atoms with Crippen LogP contribution in [0.4, 0.5) is 0 Å². The van der Waals surface area contributed by atoms with Gasteiger partial charge in [-0.2, -0.15) is 0 Å². The van der Waals surface area contributed by atoms with Gasteiger partial charge in [0.1, 0.15) is 6.61 Å². The molecule has 0 bridgehead atoms. The van der Waals surface area contributed by atoms with Crippen LogP contribution in [0, 0.1) is 5.92 Å². The maximum Gasteiger partial charge on any atom is 0.170 e. The number of hydrogen-bond donors (Lipinski definition) is 2. The zero-order valence-corrected chi connectivity index (χ0v) is 12.1. The first kappa shape index (κ1) is 16.1. The normalized spacial score (nSPS) is 11.7. The molecule has 1 rings (SSSR count). The fourth-order valence-electron chi connectivity index (χ4n) is 1.53. The van der Waals surface area contributed by atoms with E-state index >= 15 is 0 Å². The molecule has 0 aliphatic rings. The highest BCUT2D eigenvalue weighted by Gasteiger charge is 2.08. The second kappa shape index (κ2) is 8.27. The summed E-state index contributed by atoms with van der Waals surface area (Å²) in [4.78, 5) is 0. The van der Waals surface area contributed by atoms with Crippen LogP contribution in [-0.4, -0.2) is 38.0 Å². The maximum atomic E-state index is 8.64. The van der Waals surface area contributed by atoms with E-state index < -0.39 is 0 Å². The molecule has 20 heavy (non-hydrogen) atoms. The highest BCUT2D eigenvalue weighted by atomic mass is 16.5. The number of rotatable bonds is 8. The van der Waals surface area contributed by atoms with Crippen molar-refractivity contribution in [3.63, 3.8) is 0 Å². The average molecular weight is 282 g/mol. The number of ether oxygens (including phenoxy) is 3. The fraction of sp³-hybridized carbons (Fsp3) is 0.500. The first-order valence-electron chi connectivity index (χ1n) is 6.45. The fourth-order valence-corrected chi connectivity index (χ4v) is 1.53. The Balaban J connectivity index is 2.57. The average Bonchev–Trinajstić information content (AvgIpc) is 2.45. The molecule has 0 aliphatic carbocycles. The summed E-state index contributed by atoms with van der Waals surface area (Å²) in [6.07, 6.45) is 0. The van der Waals surface area contributed by atoms with Gasteiger partial charge in [0.25, 0.3) is 0 Å². The quantitative estimate of drug-likeness (QED) is 0.250. The van der Waals surface area contributed by atoms with Crippen molar-refractivity contribution >= 4 is 5.84 Å². The third-order valence-corrected chi connectivity index (χ3v) is 2.50. The van der Waals surface area contributed by atoms with Crippen molar-refractivity contribution in [2.75, 3.05) is 26.9 Å². The summed E-state index contributed by atoms with van der Waals surface area (Å²) < 4.78 is 16.2. The molecule has 0 fully saturated rings. The standard InChI is InChI=1S/C14H22N2O4/c1-10(2)9-19-6-7-20-12-5-4-11(14(15)16-17)8-13(12)18-3/h4-5,8,10,17H,6-7,9H2,1-3H3,(H2,15,16). The Hall–Kier alpha value is -1.95. The molecule has 6 heteroatoms. The first-order chi connectivity index (χ1) is 9.58. The topological polar surface area (TPSA) is 86.3 Å². The van der Waals surface area contributed by atoms with E-state index in [-0.39, 0.29) is 5.84 Å². The van der Waals surface area contributed by atoms with Gasteiger partial charge in [-0.3, -0.25) is 0 Å². The summed E-state index contributed by atoms with van der Waals surface area (Å²) in [5, 5.41) is 11.6. The van der Waals surface area contributed by atoms with Crippen LogP contribution in [0.25, 0.3) is 0 Å². The van der Waals surface area contributed by atoms with Crippen LogP contribution in [0.3, 0.4) is 0 Å². The molecule has 0 amide bonds. The minimum absolute atomic E-state index is 0.0233. The summed E-state index contributed by atoms with van der Waals surface area (Å²) >= 11 is 0. The largest absolute Gasteiger partial charge is 0.493 e. The summed E-state index contributed by atoms with van der Waals surface area (Å²) in [7, 11) is 1.54. The number of hydrogen-bond acceptors (Lipinski definition) is 5. The van der Waals surface area contributed by atoms with Gasteiger partial charge in [-0.15, -0.1) is 0 Å². The number of nitrogens with zero attached hydrogens (tertiary/aromatic N) is 1. The van der Waals surface area contributed by atoms with Crippen molar-refractivity contribution in [1.29, 1.82) is 0 Å². The number of methoxy groups -OCH3 is 1. The third kappa shape index (κ3) is 4.97. The van der Waals surface area contributed by atoms with Gasteiger partial charge < -0.3 is 25.2 Å². The summed E-state index contributed by atoms with van der Waals surface area (Å²) in [6.45, 7) is 5.85. The molecule has 0 saturated carbocycles. The van der Waals surface area contributed by atoms with Crippen LogP contribution in [0.5, 0.6) is 11.5 Å². The summed E-state index contributed by atoms with van der Waals surface area (Å²) in [6, 6.07) is 5.07. The zero-order valence-electron chi connectivity index (χ0n) is 12.1. The van der Waals surface area contributed by atoms with E-state index in [1.54, 1.807) is 18.2 Å². The monoisotopic (exact) mass is 282 g/mol. The molecule has 0 atom stereocenters. The molecule has 1 aromatic carbocycles. The van der Waals surface area contributed by atoms with Crippen LogP contribution in [-0.2, 0) is 4.74 Å². The molecule has 0 saturated heterocycles. The van der Waals surface area contributed by atoms with Crippen molar-refractivity contribution in [3.8, 4) is 11.5 Å². The minimum Gasteiger partial charge on any atom is -0.493 e. The Morgan fingerprint density at radius 1 is 1.30 bits per heavy atom. The van der Waals surface area contributed by atoms with Crippen LogP contribution in [0.1, 0.15) is 19.4 Å². The predicted molar refractivity (Wildman–Crippen MR) is 76.7 cm³/mol. The van der Waals surface area contributed by atoms with Crippen LogP contribution in [0.2, 0.25) is 0 Å². The van der Waals surface area contributed by atoms with Crippen molar-refractivity contribution in [1.82, 2.24) is 0 Å². The van der Waals surface area contributed by atoms with Crippen molar-refractivity contribution in [2.24, 2.45) is 16.8 Å². The minimum atomic E-state index is 0.0233. The van der Waals surface area contributed by atoms with E-state index in [4.69, 9.17) is 25.2 Å². The lowest BCUT2D eigenvalue weighted by Crippen LogP contribution is -2.14. The summed E-state index contributed by atoms with van der Waals surface area (Å²) in [5.74, 6) is 1.65. The van der Waals surface area contributed by atoms with E-state index in [0.717, 1.165) is 0 Å². The molecule has 0 aliphatic heterocycles. The number of benzene rings is 1. The molecule has 0 heterocycles. The number of nitrogens with two attached hydrogens (primary N) is 1. The van der Waals surface area contributed by atoms with Gasteiger partial charge in [-0.1, -0.05) is 19.0 Å². The Bertz CT molecular complexity index is 447. The Morgan fingerprint density at radius 3 is 2.65 bits per heavy atom. The smallest absolute Gasteiger partial charge is 0.170 e. The van der Waals surface area contributed by atoms with Gasteiger partial charge in [-0.25, -0.2) is 0 Å². The van der Waals surface area contributed by atoms with E-state index in [1.807, 2.05) is 0 Å². The van der Waals surface area contributed by atoms with Crippen molar-refractivity contribution in [2.45, 2.75) is 13.8 Å². The molecule has 1 aromatic rings. The van der Waals surface area contributed by atoms with E-state index in [9.17, 15) is 0 Å². The highest BCUT2D eigenvalue weighted by molar-refractivity contribution is 5.97. The molecule has 0 aromatic heterocycles. The lowest BCUT2D eigenvalue weighted by Gasteiger charge is -2.12. The molecular formula is C14H22N2O4. The Morgan fingerprint density at radius 2 is 2.05 bits per heavy atom. The third-order valence-electron chi connectivity index (χ3n) is 2.50. The predicted octanol–water partition coefficient (Wildman–Crippen LogP) is 1.84. The lowest BCUT2D eigenvalue weighted by molar-refractivity contribution is 0.0811. The van der Waals surface area contributed by atoms with Gasteiger partial charge in [0.05, 0.1) is 13.7 Å². The van der Waals surface area contributed by atoms with Gasteiger partial charge in [-0.05, 0) is 24.1 Å². The molecule has 0 unspecified atom stereocenters. The van der Waals surface area contributed by atoms with Crippen LogP contribution < -0.4 is 15.2 Å². The molecule has 0 radical (unpaired) electrons. The maximum absolute atomic E-state index is 8.64. The lowest BCUT2D eigenvalue weighted by atomic mass is 10.2. The molecular weight excluding hydrogens is 260 g/mol. The van der Waals surface area contributed by atoms with Gasteiger partial charge in [0.15, 0.2) is 17.3 Å². The van der Waals surface area contributed by atoms with Crippen molar-refractivity contribution < 1.29 is 19.4 Å². The molecule has 6 nitrogen and oxygen atoms in total. The van der Waals surface area contributed by atoms with E-state index in [1.165, 1.54) is 7.11 Å². The summed E-state index contributed by atoms with van der Waals surface area (Å²) in [5.41, 5.74) is 6.08. The first-order valence-corrected chi connectivity index (χ1v) is 6.45. The second-order valence-corrected chi connectivity index (χ2v) is 4.67. The van der Waals surface area contributed by atoms with Gasteiger partial charge >= 0.3 is 0 Å². The molecule has 0 spiro atoms. The zero-order chi connectivity index (χ0) is 15.0. The van der Waals surface area contributed by atoms with Gasteiger partial charge in [0.2, 0.25) is 0 Å². The number of oxime groups is 1. The van der Waals surface area contributed by atoms with Crippen LogP contribution >= 0.6 is 0 Å². The SMILES string of the molecule is COc1cc(/C(N)=N/O)ccc1OCCOCC(C)C. The molecule has 3 N–H and O–H groups in total. The highest BCUT2D eigenvalue weighted by Crippen LogP contribution is 2.27. The molecule has 112 valence electrons. The Kier molecular flexibility index (Phi) is 6.66. The van der Waals surface area contributed by atoms with Crippen molar-refractivity contribution in [3.05, 3.63) is 23.8 Å². The second-order valence-electron chi connectivity index (χ2n) is 4.67. The number of amidine groups is 1. The van der Waals surface area contributed by atoms with Crippen LogP contribution in [0.15, 0.2) is 23.4 Å². The van der Waals surface area contributed by atoms with Gasteiger partial charge in [0, 0.05) is 12.2 Å². The van der Waals surface area contributed by atoms with E-state index in [2.05, 4.69) is 19.0 Å². The van der Waals surface area contributed by atoms with E-state index in [0.29, 0.717) is 42.8 Å².